The van der Waals surface area contributed by atoms with Gasteiger partial charge in [0, 0.05) is 28.3 Å². The molecule has 3 aromatic carbocycles. The quantitative estimate of drug-likeness (QED) is 0.321. The van der Waals surface area contributed by atoms with E-state index in [4.69, 9.17) is 28.2 Å². The van der Waals surface area contributed by atoms with Crippen LogP contribution in [0.4, 0.5) is 5.69 Å². The van der Waals surface area contributed by atoms with Crippen LogP contribution in [0.1, 0.15) is 5.56 Å². The highest BCUT2D eigenvalue weighted by atomic mass is 35.5. The van der Waals surface area contributed by atoms with E-state index in [2.05, 4.69) is 5.32 Å². The first kappa shape index (κ1) is 20.4. The average molecular weight is 451 g/mol. The molecule has 1 heterocycles. The molecular weight excluding hydrogens is 435 g/mol. The van der Waals surface area contributed by atoms with E-state index in [9.17, 15) is 4.79 Å². The van der Waals surface area contributed by atoms with Crippen LogP contribution in [0.3, 0.4) is 0 Å². The second kappa shape index (κ2) is 9.26. The zero-order chi connectivity index (χ0) is 20.9. The van der Waals surface area contributed by atoms with Crippen molar-refractivity contribution < 1.29 is 4.79 Å². The van der Waals surface area contributed by atoms with Crippen molar-refractivity contribution in [1.29, 1.82) is 0 Å². The van der Waals surface area contributed by atoms with Crippen molar-refractivity contribution in [3.8, 4) is 21.8 Å². The summed E-state index contributed by atoms with van der Waals surface area (Å²) in [7, 11) is 0. The molecule has 1 aromatic heterocycles. The summed E-state index contributed by atoms with van der Waals surface area (Å²) < 4.78 is 0. The minimum atomic E-state index is -0.228. The second-order valence-corrected chi connectivity index (χ2v) is 8.15. The maximum absolute atomic E-state index is 12.2. The molecular formula is C24H16Cl2N2OS. The average Bonchev–Trinajstić information content (AvgIpc) is 3.26. The van der Waals surface area contributed by atoms with Crippen LogP contribution >= 0.6 is 34.5 Å². The summed E-state index contributed by atoms with van der Waals surface area (Å²) in [6.07, 6.45) is 3.15. The van der Waals surface area contributed by atoms with Crippen LogP contribution in [-0.4, -0.2) is 10.9 Å². The molecule has 0 unspecified atom stereocenters. The number of benzene rings is 3. The van der Waals surface area contributed by atoms with Crippen molar-refractivity contribution in [2.45, 2.75) is 0 Å². The molecule has 3 nitrogen and oxygen atoms in total. The number of halogens is 2. The van der Waals surface area contributed by atoms with Gasteiger partial charge < -0.3 is 5.32 Å². The van der Waals surface area contributed by atoms with Crippen molar-refractivity contribution in [2.24, 2.45) is 0 Å². The lowest BCUT2D eigenvalue weighted by Crippen LogP contribution is -2.07. The van der Waals surface area contributed by atoms with Crippen LogP contribution in [0.15, 0.2) is 84.3 Å². The summed E-state index contributed by atoms with van der Waals surface area (Å²) in [5, 5.41) is 6.80. The first-order valence-electron chi connectivity index (χ1n) is 9.14. The predicted molar refractivity (Wildman–Crippen MR) is 127 cm³/mol. The van der Waals surface area contributed by atoms with Crippen molar-refractivity contribution in [3.63, 3.8) is 0 Å². The molecule has 4 aromatic rings. The molecule has 0 aliphatic rings. The molecule has 0 fully saturated rings. The number of hydrogen-bond donors (Lipinski definition) is 1. The normalized spacial score (nSPS) is 11.0. The van der Waals surface area contributed by atoms with E-state index < -0.39 is 0 Å². The molecule has 0 radical (unpaired) electrons. The number of hydrogen-bond acceptors (Lipinski definition) is 3. The first-order valence-corrected chi connectivity index (χ1v) is 10.8. The number of carbonyl (C=O) groups is 1. The molecule has 0 saturated carbocycles. The van der Waals surface area contributed by atoms with Crippen LogP contribution in [0, 0.1) is 0 Å². The van der Waals surface area contributed by atoms with E-state index in [-0.39, 0.29) is 5.91 Å². The third kappa shape index (κ3) is 4.97. The minimum Gasteiger partial charge on any atom is -0.323 e. The van der Waals surface area contributed by atoms with Gasteiger partial charge in [-0.25, -0.2) is 4.98 Å². The maximum Gasteiger partial charge on any atom is 0.248 e. The molecule has 30 heavy (non-hydrogen) atoms. The Bertz CT molecular complexity index is 1200. The number of carbonyl (C=O) groups excluding carboxylic acids is 1. The Balaban J connectivity index is 1.41. The Hall–Kier alpha value is -2.92. The number of rotatable bonds is 5. The molecule has 148 valence electrons. The Morgan fingerprint density at radius 3 is 2.40 bits per heavy atom. The topological polar surface area (TPSA) is 42.0 Å². The third-order valence-corrected chi connectivity index (χ3v) is 5.97. The minimum absolute atomic E-state index is 0.228. The number of aromatic nitrogens is 1. The predicted octanol–water partition coefficient (Wildman–Crippen LogP) is 7.44. The number of nitrogens with one attached hydrogen (secondary N) is 1. The van der Waals surface area contributed by atoms with Gasteiger partial charge in [-0.15, -0.1) is 11.3 Å². The van der Waals surface area contributed by atoms with E-state index >= 15 is 0 Å². The lowest BCUT2D eigenvalue weighted by Gasteiger charge is -2.04. The smallest absolute Gasteiger partial charge is 0.248 e. The van der Waals surface area contributed by atoms with Gasteiger partial charge in [-0.1, -0.05) is 71.7 Å². The van der Waals surface area contributed by atoms with Gasteiger partial charge in [-0.3, -0.25) is 4.79 Å². The van der Waals surface area contributed by atoms with Gasteiger partial charge in [0.15, 0.2) is 0 Å². The van der Waals surface area contributed by atoms with E-state index in [0.717, 1.165) is 27.4 Å². The monoisotopic (exact) mass is 450 g/mol. The number of amides is 1. The Morgan fingerprint density at radius 1 is 0.900 bits per heavy atom. The van der Waals surface area contributed by atoms with Gasteiger partial charge in [-0.05, 0) is 35.9 Å². The fourth-order valence-corrected chi connectivity index (χ4v) is 3.96. The molecule has 0 atom stereocenters. The summed E-state index contributed by atoms with van der Waals surface area (Å²) >= 11 is 13.5. The molecule has 0 aliphatic heterocycles. The highest BCUT2D eigenvalue weighted by molar-refractivity contribution is 7.13. The lowest BCUT2D eigenvalue weighted by molar-refractivity contribution is -0.111. The molecule has 4 rings (SSSR count). The molecule has 0 spiro atoms. The zero-order valence-corrected chi connectivity index (χ0v) is 18.0. The summed E-state index contributed by atoms with van der Waals surface area (Å²) in [5.74, 6) is -0.228. The van der Waals surface area contributed by atoms with E-state index in [1.807, 2.05) is 60.0 Å². The third-order valence-electron chi connectivity index (χ3n) is 4.34. The zero-order valence-electron chi connectivity index (χ0n) is 15.7. The molecule has 6 heteroatoms. The van der Waals surface area contributed by atoms with Crippen LogP contribution in [0.5, 0.6) is 0 Å². The van der Waals surface area contributed by atoms with E-state index in [1.54, 1.807) is 35.6 Å². The van der Waals surface area contributed by atoms with Gasteiger partial charge in [0.05, 0.1) is 15.7 Å². The largest absolute Gasteiger partial charge is 0.323 e. The molecule has 0 aliphatic carbocycles. The highest BCUT2D eigenvalue weighted by Crippen LogP contribution is 2.29. The lowest BCUT2D eigenvalue weighted by atomic mass is 10.1. The Labute approximate surface area is 188 Å². The second-order valence-electron chi connectivity index (χ2n) is 6.48. The Morgan fingerprint density at radius 2 is 1.67 bits per heavy atom. The van der Waals surface area contributed by atoms with Crippen molar-refractivity contribution in [3.05, 3.63) is 99.9 Å². The summed E-state index contributed by atoms with van der Waals surface area (Å²) in [6, 6.07) is 22.9. The maximum atomic E-state index is 12.2. The van der Waals surface area contributed by atoms with E-state index in [0.29, 0.717) is 15.7 Å². The number of nitrogens with zero attached hydrogens (tertiary/aromatic N) is 1. The fourth-order valence-electron chi connectivity index (χ4n) is 2.82. The summed E-state index contributed by atoms with van der Waals surface area (Å²) in [4.78, 5) is 16.9. The van der Waals surface area contributed by atoms with Crippen LogP contribution < -0.4 is 5.32 Å². The highest BCUT2D eigenvalue weighted by Gasteiger charge is 2.07. The fraction of sp³-hybridized carbons (Fsp3) is 0. The summed E-state index contributed by atoms with van der Waals surface area (Å²) in [6.45, 7) is 0. The van der Waals surface area contributed by atoms with Crippen molar-refractivity contribution >= 4 is 52.2 Å². The van der Waals surface area contributed by atoms with E-state index in [1.165, 1.54) is 6.08 Å². The van der Waals surface area contributed by atoms with Crippen molar-refractivity contribution in [1.82, 2.24) is 4.98 Å². The molecule has 0 saturated heterocycles. The van der Waals surface area contributed by atoms with Gasteiger partial charge in [-0.2, -0.15) is 0 Å². The first-order chi connectivity index (χ1) is 14.6. The summed E-state index contributed by atoms with van der Waals surface area (Å²) in [5.41, 5.74) is 4.52. The Kier molecular flexibility index (Phi) is 6.29. The van der Waals surface area contributed by atoms with Gasteiger partial charge >= 0.3 is 0 Å². The van der Waals surface area contributed by atoms with Crippen LogP contribution in [0.25, 0.3) is 27.9 Å². The standard InChI is InChI=1S/C24H16Cl2N2OS/c25-20-12-6-16(14-21(20)26)7-13-23(29)27-19-10-8-17(9-11-19)22-15-30-24(28-22)18-4-2-1-3-5-18/h1-15H,(H,27,29)/b13-7+. The van der Waals surface area contributed by atoms with Gasteiger partial charge in [0.2, 0.25) is 5.91 Å². The van der Waals surface area contributed by atoms with Crippen molar-refractivity contribution in [2.75, 3.05) is 5.32 Å². The molecule has 0 bridgehead atoms. The molecule has 1 amide bonds. The number of thiazole rings is 1. The number of anilines is 1. The van der Waals surface area contributed by atoms with Gasteiger partial charge in [0.25, 0.3) is 0 Å². The van der Waals surface area contributed by atoms with Gasteiger partial charge in [0.1, 0.15) is 5.01 Å². The van der Waals surface area contributed by atoms with Crippen LogP contribution in [-0.2, 0) is 4.79 Å². The SMILES string of the molecule is O=C(/C=C/c1ccc(Cl)c(Cl)c1)Nc1ccc(-c2csc(-c3ccccc3)n2)cc1. The molecule has 1 N–H and O–H groups in total. The van der Waals surface area contributed by atoms with Crippen LogP contribution in [0.2, 0.25) is 10.0 Å².